The van der Waals surface area contributed by atoms with E-state index in [4.69, 9.17) is 18.9 Å². The van der Waals surface area contributed by atoms with Crippen LogP contribution in [0.5, 0.6) is 5.75 Å². The smallest absolute Gasteiger partial charge is 0.416 e. The fourth-order valence-electron chi connectivity index (χ4n) is 6.88. The molecule has 0 aliphatic carbocycles. The molecule has 4 amide bonds. The van der Waals surface area contributed by atoms with Gasteiger partial charge in [0.05, 0.1) is 23.9 Å². The van der Waals surface area contributed by atoms with E-state index in [9.17, 15) is 19.2 Å². The maximum absolute atomic E-state index is 14.1. The first-order valence-electron chi connectivity index (χ1n) is 18.3. The lowest BCUT2D eigenvalue weighted by molar-refractivity contribution is -0.198. The van der Waals surface area contributed by atoms with Gasteiger partial charge in [0.25, 0.3) is 11.8 Å². The molecule has 14 nitrogen and oxygen atoms in total. The van der Waals surface area contributed by atoms with Gasteiger partial charge in [0.15, 0.2) is 18.3 Å². The van der Waals surface area contributed by atoms with Gasteiger partial charge < -0.3 is 39.0 Å². The Morgan fingerprint density at radius 3 is 2.60 bits per heavy atom. The summed E-state index contributed by atoms with van der Waals surface area (Å²) >= 11 is 0. The molecule has 53 heavy (non-hydrogen) atoms. The molecule has 282 valence electrons. The van der Waals surface area contributed by atoms with Gasteiger partial charge >= 0.3 is 6.09 Å². The number of fused-ring (bicyclic) bond motifs is 2. The highest BCUT2D eigenvalue weighted by Crippen LogP contribution is 2.40. The van der Waals surface area contributed by atoms with Gasteiger partial charge in [-0.05, 0) is 82.6 Å². The molecule has 2 fully saturated rings. The third-order valence-corrected chi connectivity index (χ3v) is 9.59. The van der Waals surface area contributed by atoms with Crippen LogP contribution >= 0.6 is 0 Å². The summed E-state index contributed by atoms with van der Waals surface area (Å²) in [6, 6.07) is 10.5. The molecular weight excluding hydrogens is 680 g/mol. The normalized spacial score (nSPS) is 19.8. The zero-order valence-electron chi connectivity index (χ0n) is 30.6. The van der Waals surface area contributed by atoms with Crippen LogP contribution < -0.4 is 20.3 Å². The Bertz CT molecular complexity index is 1820. The molecule has 2 N–H and O–H groups in total. The summed E-state index contributed by atoms with van der Waals surface area (Å²) in [5.74, 6) is -0.00275. The number of carbonyl (C=O) groups excluding carboxylic acids is 4. The molecule has 1 aromatic heterocycles. The number of aromatic nitrogens is 2. The highest BCUT2D eigenvalue weighted by Gasteiger charge is 2.46. The van der Waals surface area contributed by atoms with Gasteiger partial charge in [-0.15, -0.1) is 0 Å². The molecule has 0 radical (unpaired) electrons. The maximum atomic E-state index is 14.1. The van der Waals surface area contributed by atoms with Crippen molar-refractivity contribution in [1.82, 2.24) is 14.5 Å². The molecule has 2 unspecified atom stereocenters. The summed E-state index contributed by atoms with van der Waals surface area (Å²) in [6.45, 7) is 8.76. The number of benzene rings is 2. The van der Waals surface area contributed by atoms with E-state index in [0.717, 1.165) is 31.2 Å². The average Bonchev–Trinajstić information content (AvgIpc) is 3.49. The van der Waals surface area contributed by atoms with Crippen molar-refractivity contribution in [1.29, 1.82) is 0 Å². The van der Waals surface area contributed by atoms with E-state index in [1.54, 1.807) is 29.9 Å². The van der Waals surface area contributed by atoms with Gasteiger partial charge in [-0.1, -0.05) is 30.4 Å². The van der Waals surface area contributed by atoms with Crippen LogP contribution in [0.25, 0.3) is 0 Å². The second kappa shape index (κ2) is 17.1. The number of ether oxygens (including phenoxy) is 4. The molecule has 3 atom stereocenters. The fraction of sp³-hybridized carbons (Fsp3) is 0.462. The van der Waals surface area contributed by atoms with E-state index in [2.05, 4.69) is 22.2 Å². The predicted octanol–water partition coefficient (Wildman–Crippen LogP) is 6.09. The van der Waals surface area contributed by atoms with Gasteiger partial charge in [-0.2, -0.15) is 0 Å². The van der Waals surface area contributed by atoms with Crippen LogP contribution in [0.4, 0.5) is 22.0 Å². The topological polar surface area (TPSA) is 154 Å². The standard InChI is InChI=1S/C39H48N6O8/c1-5-19-52-39(49)45-30-23-31(26(3)22-28(30)37(48)44-18-8-6-11-29(44)38(45)53-34-13-7-9-20-51-34)50-21-10-12-33(46)41-32-24-43(4)35(42-32)36(47)40-27-16-14-25(2)15-17-27/h5,14-17,22-24,29,34,38H,1,6-13,18-21H2,2-4H3,(H,40,47)(H,41,46)/t29-,34?,38?/m0/s1. The van der Waals surface area contributed by atoms with Gasteiger partial charge in [0.1, 0.15) is 12.4 Å². The molecule has 3 aliphatic heterocycles. The molecule has 14 heteroatoms. The molecule has 0 bridgehead atoms. The summed E-state index contributed by atoms with van der Waals surface area (Å²) in [7, 11) is 1.68. The van der Waals surface area contributed by atoms with Crippen LogP contribution in [-0.4, -0.2) is 83.2 Å². The summed E-state index contributed by atoms with van der Waals surface area (Å²) in [5, 5.41) is 5.57. The minimum absolute atomic E-state index is 0.0165. The second-order valence-electron chi connectivity index (χ2n) is 13.6. The molecule has 4 heterocycles. The Kier molecular flexibility index (Phi) is 12.1. The molecule has 0 spiro atoms. The average molecular weight is 729 g/mol. The summed E-state index contributed by atoms with van der Waals surface area (Å²) < 4.78 is 25.8. The Hall–Kier alpha value is -5.21. The summed E-state index contributed by atoms with van der Waals surface area (Å²) in [5.41, 5.74) is 3.11. The quantitative estimate of drug-likeness (QED) is 0.167. The predicted molar refractivity (Wildman–Crippen MR) is 198 cm³/mol. The van der Waals surface area contributed by atoms with Crippen LogP contribution in [0.15, 0.2) is 55.3 Å². The second-order valence-corrected chi connectivity index (χ2v) is 13.6. The highest BCUT2D eigenvalue weighted by atomic mass is 16.7. The number of amides is 4. The number of hydrogen-bond acceptors (Lipinski definition) is 9. The third kappa shape index (κ3) is 8.88. The zero-order chi connectivity index (χ0) is 37.5. The van der Waals surface area contributed by atoms with E-state index < -0.39 is 30.6 Å². The first-order chi connectivity index (χ1) is 25.6. The van der Waals surface area contributed by atoms with Gasteiger partial charge in [0.2, 0.25) is 11.7 Å². The lowest BCUT2D eigenvalue weighted by Crippen LogP contribution is -2.57. The van der Waals surface area contributed by atoms with Gasteiger partial charge in [0, 0.05) is 44.6 Å². The Balaban J connectivity index is 1.14. The fourth-order valence-corrected chi connectivity index (χ4v) is 6.88. The largest absolute Gasteiger partial charge is 0.493 e. The zero-order valence-corrected chi connectivity index (χ0v) is 30.6. The minimum Gasteiger partial charge on any atom is -0.493 e. The van der Waals surface area contributed by atoms with Crippen LogP contribution in [0.2, 0.25) is 0 Å². The van der Waals surface area contributed by atoms with Gasteiger partial charge in [-0.3, -0.25) is 14.4 Å². The van der Waals surface area contributed by atoms with Crippen LogP contribution in [0, 0.1) is 13.8 Å². The summed E-state index contributed by atoms with van der Waals surface area (Å²) in [6.07, 6.45) is 6.47. The van der Waals surface area contributed by atoms with E-state index in [-0.39, 0.29) is 43.1 Å². The number of piperidine rings is 1. The van der Waals surface area contributed by atoms with Crippen LogP contribution in [-0.2, 0) is 26.1 Å². The SMILES string of the molecule is C=CCOC(=O)N1c2cc(OCCCC(=O)Nc3cn(C)c(C(=O)Nc4ccc(C)cc4)n3)c(C)cc2C(=O)N2CCCC[C@H]2C1OC1CCCCO1. The number of hydrogen-bond donors (Lipinski definition) is 2. The number of aryl methyl sites for hydroxylation is 3. The van der Waals surface area contributed by atoms with Crippen LogP contribution in [0.1, 0.15) is 83.5 Å². The molecule has 2 saturated heterocycles. The van der Waals surface area contributed by atoms with Gasteiger partial charge in [-0.25, -0.2) is 14.7 Å². The van der Waals surface area contributed by atoms with Crippen LogP contribution in [0.3, 0.4) is 0 Å². The third-order valence-electron chi connectivity index (χ3n) is 9.59. The maximum Gasteiger partial charge on any atom is 0.416 e. The Morgan fingerprint density at radius 1 is 1.06 bits per heavy atom. The monoisotopic (exact) mass is 728 g/mol. The highest BCUT2D eigenvalue weighted by molar-refractivity contribution is 6.06. The number of nitrogens with one attached hydrogen (secondary N) is 2. The molecule has 3 aromatic rings. The van der Waals surface area contributed by atoms with E-state index >= 15 is 0 Å². The van der Waals surface area contributed by atoms with E-state index in [1.165, 1.54) is 11.0 Å². The van der Waals surface area contributed by atoms with Crippen molar-refractivity contribution >= 4 is 41.0 Å². The molecule has 3 aliphatic rings. The van der Waals surface area contributed by atoms with Crippen molar-refractivity contribution in [3.63, 3.8) is 0 Å². The number of anilines is 3. The molecular formula is C39H48N6O8. The van der Waals surface area contributed by atoms with E-state index in [1.807, 2.05) is 43.0 Å². The number of carbonyl (C=O) groups is 4. The molecule has 6 rings (SSSR count). The lowest BCUT2D eigenvalue weighted by atomic mass is 10.00. The van der Waals surface area contributed by atoms with Crippen molar-refractivity contribution in [3.8, 4) is 5.75 Å². The minimum atomic E-state index is -0.846. The number of nitrogens with zero attached hydrogens (tertiary/aromatic N) is 4. The first kappa shape index (κ1) is 37.5. The number of imidazole rings is 1. The van der Waals surface area contributed by atoms with Crippen molar-refractivity contribution in [2.24, 2.45) is 7.05 Å². The van der Waals surface area contributed by atoms with E-state index in [0.29, 0.717) is 60.7 Å². The lowest BCUT2D eigenvalue weighted by Gasteiger charge is -2.42. The van der Waals surface area contributed by atoms with Crippen molar-refractivity contribution in [3.05, 3.63) is 77.8 Å². The molecule has 2 aromatic carbocycles. The van der Waals surface area contributed by atoms with Crippen molar-refractivity contribution in [2.75, 3.05) is 41.9 Å². The van der Waals surface area contributed by atoms with Crippen molar-refractivity contribution in [2.45, 2.75) is 83.8 Å². The summed E-state index contributed by atoms with van der Waals surface area (Å²) in [4.78, 5) is 61.2. The molecule has 0 saturated carbocycles. The Labute approximate surface area is 309 Å². The van der Waals surface area contributed by atoms with Crippen molar-refractivity contribution < 1.29 is 38.1 Å². The number of rotatable bonds is 12. The first-order valence-corrected chi connectivity index (χ1v) is 18.3. The Morgan fingerprint density at radius 2 is 1.85 bits per heavy atom.